The first-order valence-electron chi connectivity index (χ1n) is 6.29. The van der Waals surface area contributed by atoms with Crippen LogP contribution < -0.4 is 0 Å². The molecular formula is C14H21NO. The second-order valence-corrected chi connectivity index (χ2v) is 4.62. The molecule has 1 saturated heterocycles. The fourth-order valence-corrected chi connectivity index (χ4v) is 2.29. The van der Waals surface area contributed by atoms with E-state index in [-0.39, 0.29) is 6.10 Å². The number of aliphatic hydroxyl groups excluding tert-OH is 1. The SMILES string of the molecule is CCc1ccc(C(O)CN2CCCC2)cc1. The van der Waals surface area contributed by atoms with Gasteiger partial charge in [-0.15, -0.1) is 0 Å². The summed E-state index contributed by atoms with van der Waals surface area (Å²) in [7, 11) is 0. The molecule has 1 aliphatic heterocycles. The average molecular weight is 219 g/mol. The molecule has 1 atom stereocenters. The van der Waals surface area contributed by atoms with Crippen LogP contribution in [-0.4, -0.2) is 29.6 Å². The number of aliphatic hydroxyl groups is 1. The van der Waals surface area contributed by atoms with Crippen LogP contribution in [0.15, 0.2) is 24.3 Å². The van der Waals surface area contributed by atoms with E-state index >= 15 is 0 Å². The van der Waals surface area contributed by atoms with E-state index in [0.29, 0.717) is 0 Å². The Kier molecular flexibility index (Phi) is 3.97. The van der Waals surface area contributed by atoms with Crippen molar-refractivity contribution in [1.29, 1.82) is 0 Å². The van der Waals surface area contributed by atoms with E-state index < -0.39 is 0 Å². The van der Waals surface area contributed by atoms with E-state index in [9.17, 15) is 5.11 Å². The molecule has 1 N–H and O–H groups in total. The van der Waals surface area contributed by atoms with Gasteiger partial charge in [-0.2, -0.15) is 0 Å². The van der Waals surface area contributed by atoms with Crippen molar-refractivity contribution < 1.29 is 5.11 Å². The van der Waals surface area contributed by atoms with Gasteiger partial charge in [-0.25, -0.2) is 0 Å². The van der Waals surface area contributed by atoms with Crippen LogP contribution in [0.3, 0.4) is 0 Å². The second kappa shape index (κ2) is 5.46. The first kappa shape index (κ1) is 11.6. The third kappa shape index (κ3) is 2.83. The number of β-amino-alcohol motifs (C(OH)–C–C–N with tert-alkyl or cyclic N) is 1. The summed E-state index contributed by atoms with van der Waals surface area (Å²) in [5.41, 5.74) is 2.38. The highest BCUT2D eigenvalue weighted by atomic mass is 16.3. The Morgan fingerprint density at radius 2 is 1.81 bits per heavy atom. The van der Waals surface area contributed by atoms with E-state index in [2.05, 4.69) is 36.1 Å². The maximum absolute atomic E-state index is 10.1. The quantitative estimate of drug-likeness (QED) is 0.840. The van der Waals surface area contributed by atoms with E-state index in [1.165, 1.54) is 18.4 Å². The lowest BCUT2D eigenvalue weighted by Crippen LogP contribution is -2.25. The standard InChI is InChI=1S/C14H21NO/c1-2-12-5-7-13(8-6-12)14(16)11-15-9-3-4-10-15/h5-8,14,16H,2-4,9-11H2,1H3. The molecule has 2 nitrogen and oxygen atoms in total. The van der Waals surface area contributed by atoms with Gasteiger partial charge >= 0.3 is 0 Å². The first-order chi connectivity index (χ1) is 7.79. The molecule has 1 heterocycles. The van der Waals surface area contributed by atoms with Gasteiger partial charge in [-0.3, -0.25) is 0 Å². The molecule has 1 fully saturated rings. The average Bonchev–Trinajstić information content (AvgIpc) is 2.82. The van der Waals surface area contributed by atoms with Crippen LogP contribution in [0.4, 0.5) is 0 Å². The summed E-state index contributed by atoms with van der Waals surface area (Å²) in [6.07, 6.45) is 3.29. The van der Waals surface area contributed by atoms with Crippen molar-refractivity contribution in [2.24, 2.45) is 0 Å². The zero-order chi connectivity index (χ0) is 11.4. The molecule has 0 radical (unpaired) electrons. The van der Waals surface area contributed by atoms with Crippen molar-refractivity contribution in [2.75, 3.05) is 19.6 Å². The van der Waals surface area contributed by atoms with Crippen molar-refractivity contribution >= 4 is 0 Å². The summed E-state index contributed by atoms with van der Waals surface area (Å²) in [6.45, 7) is 5.22. The molecule has 0 aromatic heterocycles. The molecule has 1 aliphatic rings. The minimum Gasteiger partial charge on any atom is -0.387 e. The summed E-state index contributed by atoms with van der Waals surface area (Å²) in [6, 6.07) is 8.34. The van der Waals surface area contributed by atoms with Crippen LogP contribution in [0.1, 0.15) is 37.0 Å². The lowest BCUT2D eigenvalue weighted by atomic mass is 10.1. The summed E-state index contributed by atoms with van der Waals surface area (Å²) >= 11 is 0. The Morgan fingerprint density at radius 3 is 2.38 bits per heavy atom. The van der Waals surface area contributed by atoms with E-state index in [1.54, 1.807) is 0 Å². The van der Waals surface area contributed by atoms with Gasteiger partial charge in [0.05, 0.1) is 6.10 Å². The van der Waals surface area contributed by atoms with Crippen LogP contribution in [-0.2, 0) is 6.42 Å². The predicted octanol–water partition coefficient (Wildman–Crippen LogP) is 2.38. The molecule has 1 unspecified atom stereocenters. The Balaban J connectivity index is 1.94. The lowest BCUT2D eigenvalue weighted by Gasteiger charge is -2.19. The van der Waals surface area contributed by atoms with E-state index in [1.807, 2.05) is 0 Å². The first-order valence-corrected chi connectivity index (χ1v) is 6.29. The van der Waals surface area contributed by atoms with Crippen LogP contribution in [0.5, 0.6) is 0 Å². The maximum atomic E-state index is 10.1. The molecule has 0 spiro atoms. The summed E-state index contributed by atoms with van der Waals surface area (Å²) in [5, 5.41) is 10.1. The van der Waals surface area contributed by atoms with Gasteiger partial charge in [0.2, 0.25) is 0 Å². The summed E-state index contributed by atoms with van der Waals surface area (Å²) in [4.78, 5) is 2.35. The molecular weight excluding hydrogens is 198 g/mol. The monoisotopic (exact) mass is 219 g/mol. The fraction of sp³-hybridized carbons (Fsp3) is 0.571. The molecule has 0 aliphatic carbocycles. The van der Waals surface area contributed by atoms with E-state index in [0.717, 1.165) is 31.6 Å². The van der Waals surface area contributed by atoms with E-state index in [4.69, 9.17) is 0 Å². The van der Waals surface area contributed by atoms with Gasteiger partial charge in [0, 0.05) is 6.54 Å². The van der Waals surface area contributed by atoms with Crippen molar-refractivity contribution in [1.82, 2.24) is 4.90 Å². The molecule has 16 heavy (non-hydrogen) atoms. The smallest absolute Gasteiger partial charge is 0.0916 e. The highest BCUT2D eigenvalue weighted by Crippen LogP contribution is 2.18. The Morgan fingerprint density at radius 1 is 1.19 bits per heavy atom. The Labute approximate surface area is 97.9 Å². The van der Waals surface area contributed by atoms with Crippen molar-refractivity contribution in [3.63, 3.8) is 0 Å². The van der Waals surface area contributed by atoms with Crippen LogP contribution in [0.25, 0.3) is 0 Å². The highest BCUT2D eigenvalue weighted by molar-refractivity contribution is 5.24. The molecule has 2 rings (SSSR count). The topological polar surface area (TPSA) is 23.5 Å². The third-order valence-corrected chi connectivity index (χ3v) is 3.40. The third-order valence-electron chi connectivity index (χ3n) is 3.40. The second-order valence-electron chi connectivity index (χ2n) is 4.62. The Bertz CT molecular complexity index is 314. The molecule has 0 bridgehead atoms. The van der Waals surface area contributed by atoms with Gasteiger partial charge in [0.25, 0.3) is 0 Å². The van der Waals surface area contributed by atoms with Crippen molar-refractivity contribution in [3.05, 3.63) is 35.4 Å². The lowest BCUT2D eigenvalue weighted by molar-refractivity contribution is 0.126. The van der Waals surface area contributed by atoms with Gasteiger partial charge in [-0.1, -0.05) is 31.2 Å². The molecule has 1 aromatic rings. The maximum Gasteiger partial charge on any atom is 0.0916 e. The van der Waals surface area contributed by atoms with Gasteiger partial charge in [0.1, 0.15) is 0 Å². The predicted molar refractivity (Wildman–Crippen MR) is 66.5 cm³/mol. The van der Waals surface area contributed by atoms with Gasteiger partial charge in [0.15, 0.2) is 0 Å². The zero-order valence-corrected chi connectivity index (χ0v) is 10.0. The van der Waals surface area contributed by atoms with Gasteiger partial charge < -0.3 is 10.0 Å². The van der Waals surface area contributed by atoms with Crippen molar-refractivity contribution in [2.45, 2.75) is 32.3 Å². The van der Waals surface area contributed by atoms with Crippen LogP contribution in [0.2, 0.25) is 0 Å². The molecule has 1 aromatic carbocycles. The normalized spacial score (nSPS) is 18.9. The van der Waals surface area contributed by atoms with Gasteiger partial charge in [-0.05, 0) is 43.5 Å². The zero-order valence-electron chi connectivity index (χ0n) is 10.0. The van der Waals surface area contributed by atoms with Crippen LogP contribution >= 0.6 is 0 Å². The molecule has 2 heteroatoms. The van der Waals surface area contributed by atoms with Crippen LogP contribution in [0, 0.1) is 0 Å². The number of rotatable bonds is 4. The molecule has 0 saturated carbocycles. The summed E-state index contributed by atoms with van der Waals surface area (Å²) in [5.74, 6) is 0. The molecule has 0 amide bonds. The Hall–Kier alpha value is -0.860. The number of likely N-dealkylation sites (tertiary alicyclic amines) is 1. The number of hydrogen-bond acceptors (Lipinski definition) is 2. The number of hydrogen-bond donors (Lipinski definition) is 1. The van der Waals surface area contributed by atoms with Crippen molar-refractivity contribution in [3.8, 4) is 0 Å². The summed E-state index contributed by atoms with van der Waals surface area (Å²) < 4.78 is 0. The fourth-order valence-electron chi connectivity index (χ4n) is 2.29. The number of nitrogens with zero attached hydrogens (tertiary/aromatic N) is 1. The largest absolute Gasteiger partial charge is 0.387 e. The highest BCUT2D eigenvalue weighted by Gasteiger charge is 2.16. The minimum atomic E-state index is -0.330. The number of benzene rings is 1. The minimum absolute atomic E-state index is 0.330. The molecule has 88 valence electrons. The number of aryl methyl sites for hydroxylation is 1.